The summed E-state index contributed by atoms with van der Waals surface area (Å²) >= 11 is 0. The molecule has 1 amide bonds. The van der Waals surface area contributed by atoms with Gasteiger partial charge in [0.05, 0.1) is 0 Å². The second-order valence-electron chi connectivity index (χ2n) is 5.44. The monoisotopic (exact) mass is 280 g/mol. The molecule has 1 fully saturated rings. The van der Waals surface area contributed by atoms with Crippen molar-refractivity contribution < 1.29 is 14.3 Å². The molecular weight excluding hydrogens is 259 g/mol. The van der Waals surface area contributed by atoms with Crippen LogP contribution in [0.3, 0.4) is 0 Å². The number of carbonyl (C=O) groups excluding carboxylic acids is 1. The number of amides is 1. The van der Waals surface area contributed by atoms with E-state index in [4.69, 9.17) is 10.8 Å². The number of nitrogens with zero attached hydrogens (tertiary/aromatic N) is 1. The van der Waals surface area contributed by atoms with Gasteiger partial charge in [0.15, 0.2) is 0 Å². The third-order valence-corrected chi connectivity index (χ3v) is 3.97. The van der Waals surface area contributed by atoms with Crippen LogP contribution in [0.25, 0.3) is 0 Å². The molecule has 1 atom stereocenters. The fourth-order valence-corrected chi connectivity index (χ4v) is 2.67. The number of hydrogen-bond donors (Lipinski definition) is 2. The summed E-state index contributed by atoms with van der Waals surface area (Å²) in [5, 5.41) is 8.99. The highest BCUT2D eigenvalue weighted by Crippen LogP contribution is 2.23. The second-order valence-corrected chi connectivity index (χ2v) is 5.44. The number of rotatable bonds is 3. The van der Waals surface area contributed by atoms with Crippen LogP contribution >= 0.6 is 0 Å². The lowest BCUT2D eigenvalue weighted by Crippen LogP contribution is -2.40. The van der Waals surface area contributed by atoms with Gasteiger partial charge in [0.2, 0.25) is 0 Å². The molecule has 2 rings (SSSR count). The van der Waals surface area contributed by atoms with E-state index in [1.807, 2.05) is 0 Å². The Morgan fingerprint density at radius 1 is 1.55 bits per heavy atom. The SMILES string of the molecule is Cc1c(N)cc(C(=O)N2CCCC(CCO)C2)cc1F. The molecule has 1 unspecified atom stereocenters. The lowest BCUT2D eigenvalue weighted by Gasteiger charge is -2.32. The quantitative estimate of drug-likeness (QED) is 0.832. The molecule has 1 saturated heterocycles. The van der Waals surface area contributed by atoms with Crippen LogP contribution in [0.5, 0.6) is 0 Å². The minimum Gasteiger partial charge on any atom is -0.398 e. The van der Waals surface area contributed by atoms with Crippen LogP contribution in [-0.2, 0) is 0 Å². The van der Waals surface area contributed by atoms with Gasteiger partial charge in [-0.25, -0.2) is 4.39 Å². The van der Waals surface area contributed by atoms with E-state index in [0.717, 1.165) is 12.8 Å². The third-order valence-electron chi connectivity index (χ3n) is 3.97. The maximum atomic E-state index is 13.7. The first-order valence-electron chi connectivity index (χ1n) is 6.98. The Morgan fingerprint density at radius 3 is 2.95 bits per heavy atom. The molecule has 1 aliphatic rings. The largest absolute Gasteiger partial charge is 0.398 e. The van der Waals surface area contributed by atoms with Gasteiger partial charge in [-0.1, -0.05) is 0 Å². The number of anilines is 1. The van der Waals surface area contributed by atoms with Crippen LogP contribution in [0.2, 0.25) is 0 Å². The topological polar surface area (TPSA) is 66.6 Å². The second kappa shape index (κ2) is 6.22. The zero-order valence-corrected chi connectivity index (χ0v) is 11.7. The Labute approximate surface area is 118 Å². The molecule has 0 saturated carbocycles. The number of aliphatic hydroxyl groups excluding tert-OH is 1. The first kappa shape index (κ1) is 14.8. The fraction of sp³-hybridized carbons (Fsp3) is 0.533. The van der Waals surface area contributed by atoms with Gasteiger partial charge in [-0.15, -0.1) is 0 Å². The Morgan fingerprint density at radius 2 is 2.30 bits per heavy atom. The Kier molecular flexibility index (Phi) is 4.60. The van der Waals surface area contributed by atoms with Crippen LogP contribution in [0.15, 0.2) is 12.1 Å². The number of benzene rings is 1. The van der Waals surface area contributed by atoms with Gasteiger partial charge < -0.3 is 15.7 Å². The molecule has 0 aromatic heterocycles. The van der Waals surface area contributed by atoms with Crippen molar-refractivity contribution in [1.29, 1.82) is 0 Å². The number of halogens is 1. The van der Waals surface area contributed by atoms with Gasteiger partial charge in [0.25, 0.3) is 5.91 Å². The maximum Gasteiger partial charge on any atom is 0.254 e. The van der Waals surface area contributed by atoms with E-state index in [0.29, 0.717) is 42.2 Å². The van der Waals surface area contributed by atoms with Gasteiger partial charge in [-0.3, -0.25) is 4.79 Å². The van der Waals surface area contributed by atoms with E-state index < -0.39 is 5.82 Å². The van der Waals surface area contributed by atoms with E-state index in [-0.39, 0.29) is 12.5 Å². The molecule has 4 nitrogen and oxygen atoms in total. The first-order valence-corrected chi connectivity index (χ1v) is 6.98. The van der Waals surface area contributed by atoms with Crippen molar-refractivity contribution in [2.75, 3.05) is 25.4 Å². The summed E-state index contributed by atoms with van der Waals surface area (Å²) in [4.78, 5) is 14.1. The maximum absolute atomic E-state index is 13.7. The summed E-state index contributed by atoms with van der Waals surface area (Å²) in [6.07, 6.45) is 2.64. The number of hydrogen-bond acceptors (Lipinski definition) is 3. The molecule has 1 aromatic carbocycles. The Hall–Kier alpha value is -1.62. The van der Waals surface area contributed by atoms with E-state index in [2.05, 4.69) is 0 Å². The molecular formula is C15H21FN2O2. The summed E-state index contributed by atoms with van der Waals surface area (Å²) in [6, 6.07) is 2.79. The van der Waals surface area contributed by atoms with Gasteiger partial charge in [-0.2, -0.15) is 0 Å². The number of aliphatic hydroxyl groups is 1. The number of nitrogens with two attached hydrogens (primary N) is 1. The van der Waals surface area contributed by atoms with Gasteiger partial charge >= 0.3 is 0 Å². The van der Waals surface area contributed by atoms with Crippen LogP contribution in [-0.4, -0.2) is 35.6 Å². The highest BCUT2D eigenvalue weighted by Gasteiger charge is 2.24. The number of nitrogen functional groups attached to an aromatic ring is 1. The molecule has 5 heteroatoms. The molecule has 1 aromatic rings. The summed E-state index contributed by atoms with van der Waals surface area (Å²) in [7, 11) is 0. The number of likely N-dealkylation sites (tertiary alicyclic amines) is 1. The molecule has 110 valence electrons. The van der Waals surface area contributed by atoms with E-state index >= 15 is 0 Å². The van der Waals surface area contributed by atoms with Gasteiger partial charge in [-0.05, 0) is 44.2 Å². The van der Waals surface area contributed by atoms with Gasteiger partial charge in [0, 0.05) is 36.5 Å². The lowest BCUT2D eigenvalue weighted by molar-refractivity contribution is 0.0653. The van der Waals surface area contributed by atoms with Crippen LogP contribution in [0.1, 0.15) is 35.2 Å². The zero-order chi connectivity index (χ0) is 14.7. The molecule has 0 spiro atoms. The molecule has 1 heterocycles. The smallest absolute Gasteiger partial charge is 0.254 e. The Balaban J connectivity index is 2.14. The molecule has 1 aliphatic heterocycles. The standard InChI is InChI=1S/C15H21FN2O2/c1-10-13(16)7-12(8-14(10)17)15(20)18-5-2-3-11(9-18)4-6-19/h7-8,11,19H,2-6,9,17H2,1H3. The van der Waals surface area contributed by atoms with Crippen molar-refractivity contribution >= 4 is 11.6 Å². The highest BCUT2D eigenvalue weighted by molar-refractivity contribution is 5.95. The van der Waals surface area contributed by atoms with Crippen molar-refractivity contribution in [3.05, 3.63) is 29.1 Å². The van der Waals surface area contributed by atoms with E-state index in [1.165, 1.54) is 12.1 Å². The number of carbonyl (C=O) groups is 1. The van der Waals surface area contributed by atoms with Crippen molar-refractivity contribution in [2.45, 2.75) is 26.2 Å². The van der Waals surface area contributed by atoms with Crippen molar-refractivity contribution in [2.24, 2.45) is 5.92 Å². The van der Waals surface area contributed by atoms with Crippen LogP contribution < -0.4 is 5.73 Å². The van der Waals surface area contributed by atoms with E-state index in [9.17, 15) is 9.18 Å². The van der Waals surface area contributed by atoms with Crippen molar-refractivity contribution in [1.82, 2.24) is 4.90 Å². The molecule has 3 N–H and O–H groups in total. The minimum absolute atomic E-state index is 0.138. The highest BCUT2D eigenvalue weighted by atomic mass is 19.1. The van der Waals surface area contributed by atoms with Crippen molar-refractivity contribution in [3.8, 4) is 0 Å². The average molecular weight is 280 g/mol. The first-order chi connectivity index (χ1) is 9.52. The minimum atomic E-state index is -0.447. The predicted octanol–water partition coefficient (Wildman–Crippen LogP) is 1.95. The summed E-state index contributed by atoms with van der Waals surface area (Å²) in [5.74, 6) is -0.305. The summed E-state index contributed by atoms with van der Waals surface area (Å²) in [5.41, 5.74) is 6.70. The molecule has 0 bridgehead atoms. The van der Waals surface area contributed by atoms with Crippen LogP contribution in [0.4, 0.5) is 10.1 Å². The number of piperidine rings is 1. The summed E-state index contributed by atoms with van der Waals surface area (Å²) < 4.78 is 13.7. The third kappa shape index (κ3) is 3.10. The van der Waals surface area contributed by atoms with Crippen LogP contribution in [0, 0.1) is 18.7 Å². The van der Waals surface area contributed by atoms with Gasteiger partial charge in [0.1, 0.15) is 5.82 Å². The van der Waals surface area contributed by atoms with E-state index in [1.54, 1.807) is 11.8 Å². The summed E-state index contributed by atoms with van der Waals surface area (Å²) in [6.45, 7) is 3.03. The predicted molar refractivity (Wildman–Crippen MR) is 75.9 cm³/mol. The zero-order valence-electron chi connectivity index (χ0n) is 11.7. The molecule has 0 radical (unpaired) electrons. The lowest BCUT2D eigenvalue weighted by atomic mass is 9.94. The van der Waals surface area contributed by atoms with Crippen molar-refractivity contribution in [3.63, 3.8) is 0 Å². The normalized spacial score (nSPS) is 19.1. The fourth-order valence-electron chi connectivity index (χ4n) is 2.67. The molecule has 0 aliphatic carbocycles. The molecule has 20 heavy (non-hydrogen) atoms. The average Bonchev–Trinajstić information content (AvgIpc) is 2.44. The Bertz CT molecular complexity index is 480.